The minimum atomic E-state index is 0. The molecule has 1 fully saturated rings. The Morgan fingerprint density at radius 3 is 2.56 bits per heavy atom. The molecule has 7 heteroatoms. The normalized spacial score (nSPS) is 16.0. The highest BCUT2D eigenvalue weighted by atomic mass is 127. The zero-order valence-electron chi connectivity index (χ0n) is 15.0. The van der Waals surface area contributed by atoms with Gasteiger partial charge in [0.05, 0.1) is 12.7 Å². The molecule has 1 aliphatic carbocycles. The number of nitrogens with one attached hydrogen (secondary N) is 2. The highest BCUT2D eigenvalue weighted by Crippen LogP contribution is 2.19. The minimum Gasteiger partial charge on any atom is -0.376 e. The van der Waals surface area contributed by atoms with Gasteiger partial charge in [0, 0.05) is 26.3 Å². The highest BCUT2D eigenvalue weighted by Gasteiger charge is 2.12. The second kappa shape index (κ2) is 13.6. The zero-order chi connectivity index (χ0) is 17.0. The third-order valence-electron chi connectivity index (χ3n) is 4.27. The van der Waals surface area contributed by atoms with Gasteiger partial charge in [0.15, 0.2) is 5.96 Å². The van der Waals surface area contributed by atoms with E-state index in [2.05, 4.69) is 20.6 Å². The fourth-order valence-corrected chi connectivity index (χ4v) is 3.02. The predicted octanol–water partition coefficient (Wildman–Crippen LogP) is 3.80. The Morgan fingerprint density at radius 1 is 1.20 bits per heavy atom. The summed E-state index contributed by atoms with van der Waals surface area (Å²) in [5.41, 5.74) is 1.15. The second-order valence-corrected chi connectivity index (χ2v) is 6.54. The van der Waals surface area contributed by atoms with Gasteiger partial charge in [0.25, 0.3) is 0 Å². The Kier molecular flexibility index (Phi) is 12.2. The van der Waals surface area contributed by atoms with Crippen molar-refractivity contribution in [3.63, 3.8) is 0 Å². The Hall–Kier alpha value is -0.600. The molecule has 1 aromatic heterocycles. The summed E-state index contributed by atoms with van der Waals surface area (Å²) in [7, 11) is 1.78. The number of halogens is 2. The summed E-state index contributed by atoms with van der Waals surface area (Å²) in [6.45, 7) is 2.30. The Bertz CT molecular complexity index is 490. The number of aromatic nitrogens is 1. The third kappa shape index (κ3) is 9.61. The summed E-state index contributed by atoms with van der Waals surface area (Å²) in [5.74, 6) is 0.807. The molecule has 1 saturated carbocycles. The van der Waals surface area contributed by atoms with Gasteiger partial charge in [-0.1, -0.05) is 43.4 Å². The smallest absolute Gasteiger partial charge is 0.191 e. The lowest BCUT2D eigenvalue weighted by molar-refractivity contribution is 0.0468. The van der Waals surface area contributed by atoms with Crippen molar-refractivity contribution in [2.45, 2.75) is 51.0 Å². The van der Waals surface area contributed by atoms with Gasteiger partial charge in [-0.15, -0.1) is 24.0 Å². The van der Waals surface area contributed by atoms with Crippen LogP contribution in [-0.4, -0.2) is 43.8 Å². The minimum absolute atomic E-state index is 0. The molecule has 5 nitrogen and oxygen atoms in total. The molecule has 0 amide bonds. The molecule has 0 atom stereocenters. The molecule has 0 aliphatic heterocycles. The molecule has 2 N–H and O–H groups in total. The number of hydrogen-bond acceptors (Lipinski definition) is 3. The number of aliphatic imine (C=N–C) groups is 1. The number of rotatable bonds is 7. The molecule has 0 saturated heterocycles. The van der Waals surface area contributed by atoms with Crippen molar-refractivity contribution in [2.75, 3.05) is 26.7 Å². The number of nitrogens with zero attached hydrogens (tertiary/aromatic N) is 2. The fourth-order valence-electron chi connectivity index (χ4n) is 2.90. The van der Waals surface area contributed by atoms with E-state index >= 15 is 0 Å². The molecule has 1 aliphatic rings. The summed E-state index contributed by atoms with van der Waals surface area (Å²) >= 11 is 5.79. The predicted molar refractivity (Wildman–Crippen MR) is 115 cm³/mol. The van der Waals surface area contributed by atoms with E-state index in [0.717, 1.165) is 37.6 Å². The van der Waals surface area contributed by atoms with Crippen molar-refractivity contribution >= 4 is 41.5 Å². The van der Waals surface area contributed by atoms with Crippen molar-refractivity contribution in [2.24, 2.45) is 4.99 Å². The standard InChI is InChI=1S/C18H29ClN4O.HI/c1-20-18(21-11-10-15-8-9-17(19)23-14-15)22-12-13-24-16-6-4-2-3-5-7-16;/h8-9,14,16H,2-7,10-13H2,1H3,(H2,20,21,22);1H. The van der Waals surface area contributed by atoms with Crippen LogP contribution in [0.2, 0.25) is 5.15 Å². The van der Waals surface area contributed by atoms with Crippen molar-refractivity contribution < 1.29 is 4.74 Å². The maximum Gasteiger partial charge on any atom is 0.191 e. The van der Waals surface area contributed by atoms with Crippen LogP contribution >= 0.6 is 35.6 Å². The van der Waals surface area contributed by atoms with E-state index in [4.69, 9.17) is 16.3 Å². The van der Waals surface area contributed by atoms with Crippen LogP contribution in [0.5, 0.6) is 0 Å². The largest absolute Gasteiger partial charge is 0.376 e. The number of ether oxygens (including phenoxy) is 1. The molecule has 142 valence electrons. The monoisotopic (exact) mass is 480 g/mol. The van der Waals surface area contributed by atoms with E-state index in [1.165, 1.54) is 38.5 Å². The molecule has 0 radical (unpaired) electrons. The molecule has 1 heterocycles. The SMILES string of the molecule is CN=C(NCCOC1CCCCCC1)NCCc1ccc(Cl)nc1.I. The van der Waals surface area contributed by atoms with Crippen LogP contribution in [0, 0.1) is 0 Å². The number of pyridine rings is 1. The van der Waals surface area contributed by atoms with Crippen LogP contribution in [0.4, 0.5) is 0 Å². The van der Waals surface area contributed by atoms with Crippen LogP contribution in [0.15, 0.2) is 23.3 Å². The van der Waals surface area contributed by atoms with Gasteiger partial charge in [-0.05, 0) is 30.9 Å². The first-order valence-electron chi connectivity index (χ1n) is 8.94. The molecule has 0 bridgehead atoms. The first kappa shape index (κ1) is 22.4. The average molecular weight is 481 g/mol. The molecule has 2 rings (SSSR count). The van der Waals surface area contributed by atoms with E-state index in [0.29, 0.717) is 11.3 Å². The highest BCUT2D eigenvalue weighted by molar-refractivity contribution is 14.0. The topological polar surface area (TPSA) is 58.5 Å². The lowest BCUT2D eigenvalue weighted by Gasteiger charge is -2.16. The molecule has 0 spiro atoms. The lowest BCUT2D eigenvalue weighted by atomic mass is 10.1. The van der Waals surface area contributed by atoms with E-state index in [9.17, 15) is 0 Å². The van der Waals surface area contributed by atoms with Crippen LogP contribution in [0.1, 0.15) is 44.1 Å². The maximum atomic E-state index is 5.98. The number of guanidine groups is 1. The Balaban J connectivity index is 0.00000312. The summed E-state index contributed by atoms with van der Waals surface area (Å²) in [4.78, 5) is 8.32. The Labute approximate surface area is 173 Å². The van der Waals surface area contributed by atoms with E-state index in [1.54, 1.807) is 13.2 Å². The molecule has 25 heavy (non-hydrogen) atoms. The van der Waals surface area contributed by atoms with Crippen molar-refractivity contribution in [3.05, 3.63) is 29.0 Å². The van der Waals surface area contributed by atoms with Gasteiger partial charge >= 0.3 is 0 Å². The van der Waals surface area contributed by atoms with Gasteiger partial charge in [-0.3, -0.25) is 4.99 Å². The van der Waals surface area contributed by atoms with E-state index in [1.807, 2.05) is 12.1 Å². The van der Waals surface area contributed by atoms with Gasteiger partial charge in [0.1, 0.15) is 5.15 Å². The second-order valence-electron chi connectivity index (χ2n) is 6.15. The summed E-state index contributed by atoms with van der Waals surface area (Å²) in [6.07, 6.45) is 10.9. The summed E-state index contributed by atoms with van der Waals surface area (Å²) in [6, 6.07) is 3.81. The van der Waals surface area contributed by atoms with Crippen LogP contribution in [0.3, 0.4) is 0 Å². The van der Waals surface area contributed by atoms with E-state index < -0.39 is 0 Å². The summed E-state index contributed by atoms with van der Waals surface area (Å²) in [5, 5.41) is 7.13. The Morgan fingerprint density at radius 2 is 1.92 bits per heavy atom. The third-order valence-corrected chi connectivity index (χ3v) is 4.49. The van der Waals surface area contributed by atoms with Crippen molar-refractivity contribution in [1.82, 2.24) is 15.6 Å². The van der Waals surface area contributed by atoms with Gasteiger partial charge in [-0.25, -0.2) is 4.98 Å². The van der Waals surface area contributed by atoms with Gasteiger partial charge in [-0.2, -0.15) is 0 Å². The zero-order valence-corrected chi connectivity index (χ0v) is 18.1. The molecule has 1 aromatic rings. The van der Waals surface area contributed by atoms with Crippen LogP contribution in [-0.2, 0) is 11.2 Å². The molecule has 0 unspecified atom stereocenters. The quantitative estimate of drug-likeness (QED) is 0.156. The van der Waals surface area contributed by atoms with Crippen LogP contribution < -0.4 is 10.6 Å². The van der Waals surface area contributed by atoms with Crippen LogP contribution in [0.25, 0.3) is 0 Å². The average Bonchev–Trinajstić information content (AvgIpc) is 2.87. The van der Waals surface area contributed by atoms with Crippen molar-refractivity contribution in [1.29, 1.82) is 0 Å². The van der Waals surface area contributed by atoms with E-state index in [-0.39, 0.29) is 24.0 Å². The first-order valence-corrected chi connectivity index (χ1v) is 9.32. The molecule has 0 aromatic carbocycles. The first-order chi connectivity index (χ1) is 11.8. The fraction of sp³-hybridized carbons (Fsp3) is 0.667. The summed E-state index contributed by atoms with van der Waals surface area (Å²) < 4.78 is 5.98. The molecular formula is C18H30ClIN4O. The maximum absolute atomic E-state index is 5.98. The molecular weight excluding hydrogens is 451 g/mol. The van der Waals surface area contributed by atoms with Gasteiger partial charge in [0.2, 0.25) is 0 Å². The lowest BCUT2D eigenvalue weighted by Crippen LogP contribution is -2.40. The number of hydrogen-bond donors (Lipinski definition) is 2. The van der Waals surface area contributed by atoms with Crippen molar-refractivity contribution in [3.8, 4) is 0 Å². The van der Waals surface area contributed by atoms with Gasteiger partial charge < -0.3 is 15.4 Å².